The van der Waals surface area contributed by atoms with Gasteiger partial charge in [-0.1, -0.05) is 19.1 Å². The standard InChI is InChI=1S/C14H19FN2OS/c1-3-16-8-9-17-13(18)10(2)19-14(17)11-4-6-12(15)7-5-11/h4-7,10,14,16H,3,8-9H2,1-2H3. The minimum Gasteiger partial charge on any atom is -0.324 e. The number of benzene rings is 1. The van der Waals surface area contributed by atoms with E-state index >= 15 is 0 Å². The first-order valence-electron chi connectivity index (χ1n) is 6.55. The lowest BCUT2D eigenvalue weighted by Gasteiger charge is -2.24. The summed E-state index contributed by atoms with van der Waals surface area (Å²) in [6.45, 7) is 6.34. The largest absolute Gasteiger partial charge is 0.324 e. The van der Waals surface area contributed by atoms with Crippen molar-refractivity contribution in [2.75, 3.05) is 19.6 Å². The van der Waals surface area contributed by atoms with Crippen molar-refractivity contribution in [3.05, 3.63) is 35.6 Å². The molecular weight excluding hydrogens is 263 g/mol. The van der Waals surface area contributed by atoms with E-state index in [-0.39, 0.29) is 22.3 Å². The third kappa shape index (κ3) is 3.28. The second kappa shape index (κ2) is 6.39. The highest BCUT2D eigenvalue weighted by Gasteiger charge is 2.37. The molecule has 19 heavy (non-hydrogen) atoms. The smallest absolute Gasteiger partial charge is 0.236 e. The Labute approximate surface area is 117 Å². The highest BCUT2D eigenvalue weighted by atomic mass is 32.2. The second-order valence-corrected chi connectivity index (χ2v) is 5.99. The van der Waals surface area contributed by atoms with E-state index in [1.54, 1.807) is 23.9 Å². The van der Waals surface area contributed by atoms with Crippen LogP contribution in [-0.4, -0.2) is 35.7 Å². The third-order valence-electron chi connectivity index (χ3n) is 3.18. The molecule has 0 radical (unpaired) electrons. The number of nitrogens with one attached hydrogen (secondary N) is 1. The predicted octanol–water partition coefficient (Wildman–Crippen LogP) is 2.40. The maximum atomic E-state index is 13.0. The zero-order valence-electron chi connectivity index (χ0n) is 11.2. The number of hydrogen-bond donors (Lipinski definition) is 1. The highest BCUT2D eigenvalue weighted by Crippen LogP contribution is 2.42. The van der Waals surface area contributed by atoms with Gasteiger partial charge in [0.05, 0.1) is 5.25 Å². The van der Waals surface area contributed by atoms with Crippen molar-refractivity contribution in [3.63, 3.8) is 0 Å². The van der Waals surface area contributed by atoms with Gasteiger partial charge in [0.15, 0.2) is 0 Å². The lowest BCUT2D eigenvalue weighted by molar-refractivity contribution is -0.129. The second-order valence-electron chi connectivity index (χ2n) is 4.57. The van der Waals surface area contributed by atoms with E-state index in [0.29, 0.717) is 6.54 Å². The maximum absolute atomic E-state index is 13.0. The monoisotopic (exact) mass is 282 g/mol. The summed E-state index contributed by atoms with van der Waals surface area (Å²) in [5.74, 6) is -0.0810. The molecule has 0 bridgehead atoms. The van der Waals surface area contributed by atoms with Crippen LogP contribution in [-0.2, 0) is 4.79 Å². The van der Waals surface area contributed by atoms with Gasteiger partial charge in [0.1, 0.15) is 11.2 Å². The normalized spacial score (nSPS) is 23.1. The summed E-state index contributed by atoms with van der Waals surface area (Å²) in [5, 5.41) is 3.20. The summed E-state index contributed by atoms with van der Waals surface area (Å²) in [6.07, 6.45) is 0. The van der Waals surface area contributed by atoms with E-state index in [1.165, 1.54) is 12.1 Å². The van der Waals surface area contributed by atoms with Crippen molar-refractivity contribution in [3.8, 4) is 0 Å². The zero-order chi connectivity index (χ0) is 13.8. The Morgan fingerprint density at radius 3 is 2.68 bits per heavy atom. The Kier molecular flexibility index (Phi) is 4.82. The molecule has 1 aromatic carbocycles. The van der Waals surface area contributed by atoms with Crippen molar-refractivity contribution < 1.29 is 9.18 Å². The van der Waals surface area contributed by atoms with E-state index in [2.05, 4.69) is 5.32 Å². The van der Waals surface area contributed by atoms with Gasteiger partial charge in [-0.2, -0.15) is 0 Å². The molecule has 0 saturated carbocycles. The van der Waals surface area contributed by atoms with Crippen molar-refractivity contribution in [2.45, 2.75) is 24.5 Å². The van der Waals surface area contributed by atoms with Crippen LogP contribution in [0.1, 0.15) is 24.8 Å². The van der Waals surface area contributed by atoms with Gasteiger partial charge in [-0.05, 0) is 31.2 Å². The van der Waals surface area contributed by atoms with Crippen LogP contribution in [0.5, 0.6) is 0 Å². The number of nitrogens with zero attached hydrogens (tertiary/aromatic N) is 1. The fourth-order valence-corrected chi connectivity index (χ4v) is 3.47. The van der Waals surface area contributed by atoms with Gasteiger partial charge in [0, 0.05) is 13.1 Å². The van der Waals surface area contributed by atoms with Crippen molar-refractivity contribution >= 4 is 17.7 Å². The average molecular weight is 282 g/mol. The Balaban J connectivity index is 2.12. The molecule has 1 heterocycles. The number of halogens is 1. The van der Waals surface area contributed by atoms with E-state index < -0.39 is 0 Å². The average Bonchev–Trinajstić information content (AvgIpc) is 2.68. The van der Waals surface area contributed by atoms with Crippen molar-refractivity contribution in [2.24, 2.45) is 0 Å². The van der Waals surface area contributed by atoms with E-state index in [1.807, 2.05) is 18.7 Å². The summed E-state index contributed by atoms with van der Waals surface area (Å²) in [7, 11) is 0. The Morgan fingerprint density at radius 2 is 2.05 bits per heavy atom. The number of likely N-dealkylation sites (N-methyl/N-ethyl adjacent to an activating group) is 1. The number of thioether (sulfide) groups is 1. The van der Waals surface area contributed by atoms with Gasteiger partial charge < -0.3 is 10.2 Å². The van der Waals surface area contributed by atoms with Crippen LogP contribution in [0, 0.1) is 5.82 Å². The Morgan fingerprint density at radius 1 is 1.37 bits per heavy atom. The zero-order valence-corrected chi connectivity index (χ0v) is 12.0. The number of amides is 1. The van der Waals surface area contributed by atoms with Crippen LogP contribution in [0.25, 0.3) is 0 Å². The molecule has 2 rings (SSSR count). The highest BCUT2D eigenvalue weighted by molar-refractivity contribution is 8.01. The van der Waals surface area contributed by atoms with Crippen molar-refractivity contribution in [1.29, 1.82) is 0 Å². The molecule has 1 aromatic rings. The first kappa shape index (κ1) is 14.3. The lowest BCUT2D eigenvalue weighted by Crippen LogP contribution is -2.36. The van der Waals surface area contributed by atoms with Crippen LogP contribution in [0.2, 0.25) is 0 Å². The number of carbonyl (C=O) groups excluding carboxylic acids is 1. The first-order valence-corrected chi connectivity index (χ1v) is 7.50. The minimum absolute atomic E-state index is 0.00163. The van der Waals surface area contributed by atoms with Gasteiger partial charge in [0.2, 0.25) is 5.91 Å². The first-order chi connectivity index (χ1) is 9.13. The predicted molar refractivity (Wildman–Crippen MR) is 76.5 cm³/mol. The number of carbonyl (C=O) groups is 1. The lowest BCUT2D eigenvalue weighted by atomic mass is 10.2. The quantitative estimate of drug-likeness (QED) is 0.842. The Bertz CT molecular complexity index is 438. The van der Waals surface area contributed by atoms with Crippen LogP contribution < -0.4 is 5.32 Å². The molecule has 1 aliphatic heterocycles. The molecule has 1 aliphatic rings. The topological polar surface area (TPSA) is 32.3 Å². The van der Waals surface area contributed by atoms with E-state index in [0.717, 1.165) is 18.7 Å². The molecule has 0 spiro atoms. The molecule has 1 saturated heterocycles. The minimum atomic E-state index is -0.245. The molecule has 2 atom stereocenters. The number of rotatable bonds is 5. The van der Waals surface area contributed by atoms with Gasteiger partial charge in [-0.3, -0.25) is 4.79 Å². The molecule has 0 aromatic heterocycles. The summed E-state index contributed by atoms with van der Waals surface area (Å²) in [5.41, 5.74) is 0.987. The molecular formula is C14H19FN2OS. The van der Waals surface area contributed by atoms with E-state index in [4.69, 9.17) is 0 Å². The summed E-state index contributed by atoms with van der Waals surface area (Å²) in [4.78, 5) is 14.0. The molecule has 1 fully saturated rings. The fourth-order valence-electron chi connectivity index (χ4n) is 2.16. The van der Waals surface area contributed by atoms with Gasteiger partial charge >= 0.3 is 0 Å². The molecule has 1 N–H and O–H groups in total. The molecule has 5 heteroatoms. The van der Waals surface area contributed by atoms with Crippen LogP contribution in [0.4, 0.5) is 4.39 Å². The van der Waals surface area contributed by atoms with Crippen LogP contribution in [0.3, 0.4) is 0 Å². The molecule has 3 nitrogen and oxygen atoms in total. The maximum Gasteiger partial charge on any atom is 0.236 e. The molecule has 1 amide bonds. The summed E-state index contributed by atoms with van der Waals surface area (Å²) < 4.78 is 13.0. The van der Waals surface area contributed by atoms with Crippen LogP contribution >= 0.6 is 11.8 Å². The molecule has 104 valence electrons. The molecule has 2 unspecified atom stereocenters. The van der Waals surface area contributed by atoms with Gasteiger partial charge in [-0.15, -0.1) is 11.8 Å². The SMILES string of the molecule is CCNCCN1C(=O)C(C)SC1c1ccc(F)cc1. The number of hydrogen-bond acceptors (Lipinski definition) is 3. The summed E-state index contributed by atoms with van der Waals surface area (Å²) >= 11 is 1.62. The Hall–Kier alpha value is -1.07. The fraction of sp³-hybridized carbons (Fsp3) is 0.500. The summed E-state index contributed by atoms with van der Waals surface area (Å²) in [6, 6.07) is 6.43. The van der Waals surface area contributed by atoms with E-state index in [9.17, 15) is 9.18 Å². The van der Waals surface area contributed by atoms with Gasteiger partial charge in [-0.25, -0.2) is 4.39 Å². The third-order valence-corrected chi connectivity index (χ3v) is 4.58. The van der Waals surface area contributed by atoms with Crippen molar-refractivity contribution in [1.82, 2.24) is 10.2 Å². The van der Waals surface area contributed by atoms with Crippen LogP contribution in [0.15, 0.2) is 24.3 Å². The van der Waals surface area contributed by atoms with Gasteiger partial charge in [0.25, 0.3) is 0 Å². The molecule has 0 aliphatic carbocycles.